The molecule has 4 heteroatoms. The second-order valence-electron chi connectivity index (χ2n) is 4.30. The second-order valence-corrected chi connectivity index (χ2v) is 4.30. The van der Waals surface area contributed by atoms with Gasteiger partial charge in [-0.1, -0.05) is 19.9 Å². The molecular weight excluding hydrogens is 216 g/mol. The van der Waals surface area contributed by atoms with Gasteiger partial charge in [-0.15, -0.1) is 0 Å². The van der Waals surface area contributed by atoms with Crippen LogP contribution in [0.15, 0.2) is 18.2 Å². The zero-order chi connectivity index (χ0) is 12.3. The minimum atomic E-state index is -0.0403. The SMILES string of the molecule is CCCOc1cccc2c1NC(=O)C(C)CN2. The van der Waals surface area contributed by atoms with Gasteiger partial charge in [0.2, 0.25) is 5.91 Å². The maximum absolute atomic E-state index is 11.8. The van der Waals surface area contributed by atoms with Crippen molar-refractivity contribution in [3.05, 3.63) is 18.2 Å². The molecule has 1 unspecified atom stereocenters. The molecule has 17 heavy (non-hydrogen) atoms. The van der Waals surface area contributed by atoms with Crippen LogP contribution in [0.2, 0.25) is 0 Å². The van der Waals surface area contributed by atoms with E-state index in [0.717, 1.165) is 23.5 Å². The van der Waals surface area contributed by atoms with Gasteiger partial charge < -0.3 is 15.4 Å². The van der Waals surface area contributed by atoms with Crippen LogP contribution in [0.25, 0.3) is 0 Å². The first kappa shape index (κ1) is 11.8. The molecule has 0 saturated carbocycles. The fourth-order valence-corrected chi connectivity index (χ4v) is 1.74. The van der Waals surface area contributed by atoms with Gasteiger partial charge >= 0.3 is 0 Å². The van der Waals surface area contributed by atoms with Crippen LogP contribution in [0.5, 0.6) is 5.75 Å². The lowest BCUT2D eigenvalue weighted by Gasteiger charge is -2.13. The van der Waals surface area contributed by atoms with Crippen molar-refractivity contribution in [2.75, 3.05) is 23.8 Å². The topological polar surface area (TPSA) is 50.4 Å². The van der Waals surface area contributed by atoms with Gasteiger partial charge in [0.25, 0.3) is 0 Å². The number of fused-ring (bicyclic) bond motifs is 1. The largest absolute Gasteiger partial charge is 0.491 e. The maximum atomic E-state index is 11.8. The van der Waals surface area contributed by atoms with Crippen molar-refractivity contribution in [3.63, 3.8) is 0 Å². The first-order valence-corrected chi connectivity index (χ1v) is 6.03. The fraction of sp³-hybridized carbons (Fsp3) is 0.462. The summed E-state index contributed by atoms with van der Waals surface area (Å²) < 4.78 is 5.64. The highest BCUT2D eigenvalue weighted by Crippen LogP contribution is 2.34. The van der Waals surface area contributed by atoms with Crippen LogP contribution in [0, 0.1) is 5.92 Å². The highest BCUT2D eigenvalue weighted by molar-refractivity contribution is 5.99. The molecule has 1 atom stereocenters. The molecule has 0 bridgehead atoms. The number of para-hydroxylation sites is 1. The summed E-state index contributed by atoms with van der Waals surface area (Å²) in [6.07, 6.45) is 0.946. The molecule has 1 heterocycles. The van der Waals surface area contributed by atoms with E-state index in [2.05, 4.69) is 17.6 Å². The smallest absolute Gasteiger partial charge is 0.229 e. The monoisotopic (exact) mass is 234 g/mol. The lowest BCUT2D eigenvalue weighted by Crippen LogP contribution is -2.22. The molecule has 0 saturated heterocycles. The normalized spacial score (nSPS) is 18.7. The molecule has 0 aromatic heterocycles. The summed E-state index contributed by atoms with van der Waals surface area (Å²) in [6, 6.07) is 5.76. The third-order valence-corrected chi connectivity index (χ3v) is 2.78. The lowest BCUT2D eigenvalue weighted by molar-refractivity contribution is -0.118. The number of rotatable bonds is 3. The van der Waals surface area contributed by atoms with Crippen LogP contribution in [0.3, 0.4) is 0 Å². The summed E-state index contributed by atoms with van der Waals surface area (Å²) in [4.78, 5) is 11.8. The Balaban J connectivity index is 2.29. The van der Waals surface area contributed by atoms with E-state index in [1.807, 2.05) is 25.1 Å². The van der Waals surface area contributed by atoms with Crippen LogP contribution in [0.1, 0.15) is 20.3 Å². The van der Waals surface area contributed by atoms with Gasteiger partial charge in [-0.05, 0) is 18.6 Å². The number of anilines is 2. The molecule has 0 aliphatic carbocycles. The van der Waals surface area contributed by atoms with Crippen molar-refractivity contribution in [2.45, 2.75) is 20.3 Å². The van der Waals surface area contributed by atoms with Gasteiger partial charge in [0.05, 0.1) is 18.2 Å². The molecule has 0 radical (unpaired) electrons. The quantitative estimate of drug-likeness (QED) is 0.844. The summed E-state index contributed by atoms with van der Waals surface area (Å²) in [6.45, 7) is 5.26. The molecule has 0 spiro atoms. The zero-order valence-corrected chi connectivity index (χ0v) is 10.2. The van der Waals surface area contributed by atoms with Crippen molar-refractivity contribution in [3.8, 4) is 5.75 Å². The average molecular weight is 234 g/mol. The molecule has 0 fully saturated rings. The minimum Gasteiger partial charge on any atom is -0.491 e. The van der Waals surface area contributed by atoms with E-state index in [9.17, 15) is 4.79 Å². The molecule has 1 amide bonds. The number of amides is 1. The molecule has 4 nitrogen and oxygen atoms in total. The molecular formula is C13H18N2O2. The Morgan fingerprint density at radius 3 is 3.06 bits per heavy atom. The standard InChI is InChI=1S/C13H18N2O2/c1-3-7-17-11-6-4-5-10-12(11)15-13(16)9(2)8-14-10/h4-6,9,14H,3,7-8H2,1-2H3,(H,15,16). The van der Waals surface area contributed by atoms with Gasteiger partial charge in [-0.25, -0.2) is 0 Å². The Morgan fingerprint density at radius 1 is 1.47 bits per heavy atom. The Hall–Kier alpha value is -1.71. The summed E-state index contributed by atoms with van der Waals surface area (Å²) in [7, 11) is 0. The second kappa shape index (κ2) is 5.08. The molecule has 1 aromatic rings. The molecule has 1 aliphatic rings. The minimum absolute atomic E-state index is 0.0313. The highest BCUT2D eigenvalue weighted by Gasteiger charge is 2.21. The van der Waals surface area contributed by atoms with Crippen LogP contribution < -0.4 is 15.4 Å². The van der Waals surface area contributed by atoms with Crippen molar-refractivity contribution < 1.29 is 9.53 Å². The number of benzene rings is 1. The van der Waals surface area contributed by atoms with E-state index in [-0.39, 0.29) is 11.8 Å². The van der Waals surface area contributed by atoms with Gasteiger partial charge in [-0.2, -0.15) is 0 Å². The number of carbonyl (C=O) groups excluding carboxylic acids is 1. The van der Waals surface area contributed by atoms with E-state index in [1.165, 1.54) is 0 Å². The number of nitrogens with one attached hydrogen (secondary N) is 2. The first-order chi connectivity index (χ1) is 8.22. The predicted octanol–water partition coefficient (Wildman–Crippen LogP) is 2.48. The maximum Gasteiger partial charge on any atom is 0.229 e. The van der Waals surface area contributed by atoms with Crippen LogP contribution in [-0.4, -0.2) is 19.1 Å². The van der Waals surface area contributed by atoms with Gasteiger partial charge in [0.15, 0.2) is 0 Å². The van der Waals surface area contributed by atoms with Crippen LogP contribution >= 0.6 is 0 Å². The van der Waals surface area contributed by atoms with Gasteiger partial charge in [0, 0.05) is 6.54 Å². The predicted molar refractivity (Wildman–Crippen MR) is 68.5 cm³/mol. The molecule has 2 rings (SSSR count). The molecule has 1 aromatic carbocycles. The summed E-state index contributed by atoms with van der Waals surface area (Å²) in [5.74, 6) is 0.726. The summed E-state index contributed by atoms with van der Waals surface area (Å²) in [5, 5.41) is 6.18. The zero-order valence-electron chi connectivity index (χ0n) is 10.2. The third-order valence-electron chi connectivity index (χ3n) is 2.78. The summed E-state index contributed by atoms with van der Waals surface area (Å²) in [5.41, 5.74) is 1.69. The van der Waals surface area contributed by atoms with Crippen molar-refractivity contribution >= 4 is 17.3 Å². The third kappa shape index (κ3) is 2.52. The van der Waals surface area contributed by atoms with Crippen LogP contribution in [-0.2, 0) is 4.79 Å². The van der Waals surface area contributed by atoms with E-state index in [4.69, 9.17) is 4.74 Å². The van der Waals surface area contributed by atoms with Crippen molar-refractivity contribution in [1.29, 1.82) is 0 Å². The number of carbonyl (C=O) groups is 1. The number of hydrogen-bond donors (Lipinski definition) is 2. The van der Waals surface area contributed by atoms with E-state index in [1.54, 1.807) is 0 Å². The van der Waals surface area contributed by atoms with Crippen molar-refractivity contribution in [2.24, 2.45) is 5.92 Å². The Bertz CT molecular complexity index is 418. The highest BCUT2D eigenvalue weighted by atomic mass is 16.5. The average Bonchev–Trinajstić information content (AvgIpc) is 2.48. The van der Waals surface area contributed by atoms with E-state index < -0.39 is 0 Å². The van der Waals surface area contributed by atoms with Gasteiger partial charge in [-0.3, -0.25) is 4.79 Å². The Morgan fingerprint density at radius 2 is 2.29 bits per heavy atom. The van der Waals surface area contributed by atoms with Crippen molar-refractivity contribution in [1.82, 2.24) is 0 Å². The lowest BCUT2D eigenvalue weighted by atomic mass is 10.2. The Labute approximate surface area is 101 Å². The Kier molecular flexibility index (Phi) is 3.52. The van der Waals surface area contributed by atoms with Gasteiger partial charge in [0.1, 0.15) is 11.4 Å². The van der Waals surface area contributed by atoms with E-state index >= 15 is 0 Å². The number of ether oxygens (including phenoxy) is 1. The molecule has 2 N–H and O–H groups in total. The first-order valence-electron chi connectivity index (χ1n) is 6.03. The fourth-order valence-electron chi connectivity index (χ4n) is 1.74. The molecule has 92 valence electrons. The van der Waals surface area contributed by atoms with E-state index in [0.29, 0.717) is 13.2 Å². The molecule has 1 aliphatic heterocycles. The van der Waals surface area contributed by atoms with Crippen LogP contribution in [0.4, 0.5) is 11.4 Å². The number of hydrogen-bond acceptors (Lipinski definition) is 3. The summed E-state index contributed by atoms with van der Waals surface area (Å²) >= 11 is 0.